The van der Waals surface area contributed by atoms with Crippen molar-refractivity contribution < 1.29 is 9.90 Å². The Hall–Kier alpha value is -1.07. The van der Waals surface area contributed by atoms with E-state index < -0.39 is 0 Å². The van der Waals surface area contributed by atoms with Gasteiger partial charge in [0.05, 0.1) is 4.47 Å². The van der Waals surface area contributed by atoms with Crippen molar-refractivity contribution in [3.8, 4) is 5.75 Å². The van der Waals surface area contributed by atoms with Crippen molar-refractivity contribution in [3.05, 3.63) is 28.2 Å². The second-order valence-corrected chi connectivity index (χ2v) is 5.79. The van der Waals surface area contributed by atoms with Crippen molar-refractivity contribution in [2.24, 2.45) is 0 Å². The lowest BCUT2D eigenvalue weighted by Gasteiger charge is -2.35. The molecule has 4 nitrogen and oxygen atoms in total. The summed E-state index contributed by atoms with van der Waals surface area (Å²) in [6.07, 6.45) is 1.84. The molecule has 5 heteroatoms. The SMILES string of the molecule is CC1(NC(=O)c2ccc(Br)c(O)c2)CCNCC1. The van der Waals surface area contributed by atoms with Crippen molar-refractivity contribution in [1.29, 1.82) is 0 Å². The van der Waals surface area contributed by atoms with Crippen LogP contribution in [0.1, 0.15) is 30.1 Å². The first-order valence-corrected chi connectivity index (χ1v) is 6.81. The van der Waals surface area contributed by atoms with Gasteiger partial charge in [0.1, 0.15) is 5.75 Å². The van der Waals surface area contributed by atoms with E-state index in [2.05, 4.69) is 33.5 Å². The summed E-state index contributed by atoms with van der Waals surface area (Å²) in [5, 5.41) is 15.9. The van der Waals surface area contributed by atoms with Gasteiger partial charge in [0.25, 0.3) is 5.91 Å². The molecular weight excluding hydrogens is 296 g/mol. The van der Waals surface area contributed by atoms with Gasteiger partial charge in [-0.3, -0.25) is 4.79 Å². The Bertz CT molecular complexity index is 456. The van der Waals surface area contributed by atoms with Crippen LogP contribution in [0.5, 0.6) is 5.75 Å². The van der Waals surface area contributed by atoms with Crippen LogP contribution in [0, 0.1) is 0 Å². The Kier molecular flexibility index (Phi) is 3.92. The van der Waals surface area contributed by atoms with Gasteiger partial charge in [0, 0.05) is 11.1 Å². The molecule has 1 heterocycles. The fraction of sp³-hybridized carbons (Fsp3) is 0.462. The number of hydrogen-bond donors (Lipinski definition) is 3. The first-order chi connectivity index (χ1) is 8.50. The van der Waals surface area contributed by atoms with E-state index in [1.165, 1.54) is 6.07 Å². The average molecular weight is 313 g/mol. The number of carbonyl (C=O) groups excluding carboxylic acids is 1. The molecule has 2 rings (SSSR count). The van der Waals surface area contributed by atoms with E-state index in [4.69, 9.17) is 0 Å². The molecule has 0 saturated carbocycles. The van der Waals surface area contributed by atoms with Gasteiger partial charge in [-0.1, -0.05) is 0 Å². The van der Waals surface area contributed by atoms with E-state index in [1.807, 2.05) is 0 Å². The molecule has 0 aliphatic carbocycles. The predicted molar refractivity (Wildman–Crippen MR) is 73.8 cm³/mol. The zero-order valence-corrected chi connectivity index (χ0v) is 11.9. The van der Waals surface area contributed by atoms with Gasteiger partial charge in [-0.05, 0) is 67.0 Å². The standard InChI is InChI=1S/C13H17BrN2O2/c1-13(4-6-15-7-5-13)16-12(18)9-2-3-10(14)11(17)8-9/h2-3,8,15,17H,4-7H2,1H3,(H,16,18). The summed E-state index contributed by atoms with van der Waals surface area (Å²) in [6, 6.07) is 4.85. The first kappa shape index (κ1) is 13.4. The second-order valence-electron chi connectivity index (χ2n) is 4.93. The maximum Gasteiger partial charge on any atom is 0.251 e. The van der Waals surface area contributed by atoms with Crippen molar-refractivity contribution in [2.45, 2.75) is 25.3 Å². The van der Waals surface area contributed by atoms with E-state index in [0.29, 0.717) is 10.0 Å². The van der Waals surface area contributed by atoms with E-state index >= 15 is 0 Å². The van der Waals surface area contributed by atoms with Crippen molar-refractivity contribution >= 4 is 21.8 Å². The van der Waals surface area contributed by atoms with Gasteiger partial charge in [0.15, 0.2) is 0 Å². The molecule has 0 bridgehead atoms. The number of halogens is 1. The van der Waals surface area contributed by atoms with Gasteiger partial charge >= 0.3 is 0 Å². The van der Waals surface area contributed by atoms with E-state index in [1.54, 1.807) is 12.1 Å². The minimum absolute atomic E-state index is 0.0816. The highest BCUT2D eigenvalue weighted by Gasteiger charge is 2.28. The fourth-order valence-electron chi connectivity index (χ4n) is 2.10. The Labute approximate surface area is 115 Å². The molecule has 0 aromatic heterocycles. The summed E-state index contributed by atoms with van der Waals surface area (Å²) < 4.78 is 0.590. The normalized spacial score (nSPS) is 18.3. The molecule has 98 valence electrons. The molecule has 1 aliphatic heterocycles. The van der Waals surface area contributed by atoms with Crippen molar-refractivity contribution in [1.82, 2.24) is 10.6 Å². The highest BCUT2D eigenvalue weighted by molar-refractivity contribution is 9.10. The minimum atomic E-state index is -0.162. The van der Waals surface area contributed by atoms with Crippen LogP contribution in [-0.4, -0.2) is 29.6 Å². The van der Waals surface area contributed by atoms with Gasteiger partial charge < -0.3 is 15.7 Å². The number of benzene rings is 1. The van der Waals surface area contributed by atoms with Crippen molar-refractivity contribution in [3.63, 3.8) is 0 Å². The van der Waals surface area contributed by atoms with Crippen LogP contribution < -0.4 is 10.6 Å². The lowest BCUT2D eigenvalue weighted by atomic mass is 9.90. The number of phenols is 1. The monoisotopic (exact) mass is 312 g/mol. The van der Waals surface area contributed by atoms with Crippen LogP contribution in [-0.2, 0) is 0 Å². The molecule has 0 atom stereocenters. The molecule has 18 heavy (non-hydrogen) atoms. The van der Waals surface area contributed by atoms with Crippen LogP contribution in [0.25, 0.3) is 0 Å². The summed E-state index contributed by atoms with van der Waals surface area (Å²) in [6.45, 7) is 3.90. The van der Waals surface area contributed by atoms with E-state index in [0.717, 1.165) is 25.9 Å². The Morgan fingerprint density at radius 3 is 2.72 bits per heavy atom. The third-order valence-corrected chi connectivity index (χ3v) is 4.00. The molecule has 1 aromatic carbocycles. The molecule has 0 spiro atoms. The maximum atomic E-state index is 12.1. The quantitative estimate of drug-likeness (QED) is 0.783. The Morgan fingerprint density at radius 1 is 1.44 bits per heavy atom. The number of piperidine rings is 1. The molecule has 0 radical (unpaired) electrons. The lowest BCUT2D eigenvalue weighted by Crippen LogP contribution is -2.52. The van der Waals surface area contributed by atoms with Crippen LogP contribution in [0.2, 0.25) is 0 Å². The highest BCUT2D eigenvalue weighted by atomic mass is 79.9. The van der Waals surface area contributed by atoms with Gasteiger partial charge in [-0.25, -0.2) is 0 Å². The van der Waals surface area contributed by atoms with Crippen molar-refractivity contribution in [2.75, 3.05) is 13.1 Å². The molecule has 1 aliphatic rings. The molecular formula is C13H17BrN2O2. The van der Waals surface area contributed by atoms with Crippen LogP contribution in [0.3, 0.4) is 0 Å². The van der Waals surface area contributed by atoms with Gasteiger partial charge in [0.2, 0.25) is 0 Å². The molecule has 1 saturated heterocycles. The largest absolute Gasteiger partial charge is 0.507 e. The highest BCUT2D eigenvalue weighted by Crippen LogP contribution is 2.25. The fourth-order valence-corrected chi connectivity index (χ4v) is 2.35. The first-order valence-electron chi connectivity index (χ1n) is 6.02. The molecule has 3 N–H and O–H groups in total. The number of carbonyl (C=O) groups is 1. The number of phenolic OH excluding ortho intramolecular Hbond substituents is 1. The topological polar surface area (TPSA) is 61.4 Å². The molecule has 1 amide bonds. The minimum Gasteiger partial charge on any atom is -0.507 e. The number of hydrogen-bond acceptors (Lipinski definition) is 3. The summed E-state index contributed by atoms with van der Waals surface area (Å²) in [4.78, 5) is 12.1. The average Bonchev–Trinajstić information content (AvgIpc) is 2.33. The van der Waals surface area contributed by atoms with Crippen LogP contribution in [0.4, 0.5) is 0 Å². The lowest BCUT2D eigenvalue weighted by molar-refractivity contribution is 0.0887. The molecule has 1 aromatic rings. The smallest absolute Gasteiger partial charge is 0.251 e. The molecule has 0 unspecified atom stereocenters. The summed E-state index contributed by atoms with van der Waals surface area (Å²) in [5.74, 6) is -0.0553. The number of nitrogens with one attached hydrogen (secondary N) is 2. The summed E-state index contributed by atoms with van der Waals surface area (Å²) >= 11 is 3.20. The molecule has 1 fully saturated rings. The summed E-state index contributed by atoms with van der Waals surface area (Å²) in [7, 11) is 0. The Balaban J connectivity index is 2.09. The third kappa shape index (κ3) is 3.03. The second kappa shape index (κ2) is 5.28. The number of aromatic hydroxyl groups is 1. The Morgan fingerprint density at radius 2 is 2.11 bits per heavy atom. The zero-order valence-electron chi connectivity index (χ0n) is 10.3. The number of amides is 1. The predicted octanol–water partition coefficient (Wildman–Crippen LogP) is 2.03. The zero-order chi connectivity index (χ0) is 13.2. The summed E-state index contributed by atoms with van der Waals surface area (Å²) in [5.41, 5.74) is 0.320. The number of rotatable bonds is 2. The van der Waals surface area contributed by atoms with Crippen LogP contribution >= 0.6 is 15.9 Å². The van der Waals surface area contributed by atoms with E-state index in [9.17, 15) is 9.90 Å². The van der Waals surface area contributed by atoms with Gasteiger partial charge in [-0.2, -0.15) is 0 Å². The van der Waals surface area contributed by atoms with Crippen LogP contribution in [0.15, 0.2) is 22.7 Å². The third-order valence-electron chi connectivity index (χ3n) is 3.33. The maximum absolute atomic E-state index is 12.1. The van der Waals surface area contributed by atoms with Gasteiger partial charge in [-0.15, -0.1) is 0 Å². The van der Waals surface area contributed by atoms with E-state index in [-0.39, 0.29) is 17.2 Å².